The van der Waals surface area contributed by atoms with E-state index in [0.29, 0.717) is 22.3 Å². The average Bonchev–Trinajstić information content (AvgIpc) is 3.02. The first-order valence-electron chi connectivity index (χ1n) is 14.8. The monoisotopic (exact) mass is 728 g/mol. The quantitative estimate of drug-likeness (QED) is 0.0944. The zero-order valence-electron chi connectivity index (χ0n) is 29.7. The molecular weight excluding hydrogens is 687 g/mol. The number of phenols is 1. The SMILES string of the molecule is CC(=O)O.CC(=O)[O-].Cc1c(C)c(C)c(/C=C2\C(=O)NC(=O)N(P)C2=O)c(O)c1C.Cc1c(C)c(C)c2oc3[nH+]c(=O)[nH]c(=O)c-3cc2c1C.O. The van der Waals surface area contributed by atoms with Crippen LogP contribution in [0.5, 0.6) is 5.75 Å². The third-order valence-corrected chi connectivity index (χ3v) is 8.71. The Kier molecular flexibility index (Phi) is 14.7. The molecule has 2 aromatic rings. The summed E-state index contributed by atoms with van der Waals surface area (Å²) in [6, 6.07) is 0.979. The molecule has 3 heterocycles. The van der Waals surface area contributed by atoms with E-state index in [4.69, 9.17) is 24.2 Å². The van der Waals surface area contributed by atoms with E-state index >= 15 is 0 Å². The number of imide groups is 2. The zero-order chi connectivity index (χ0) is 38.5. The van der Waals surface area contributed by atoms with Crippen LogP contribution in [0.4, 0.5) is 4.79 Å². The summed E-state index contributed by atoms with van der Waals surface area (Å²) in [4.78, 5) is 81.2. The van der Waals surface area contributed by atoms with Gasteiger partial charge in [-0.15, -0.1) is 0 Å². The van der Waals surface area contributed by atoms with Crippen LogP contribution in [0.25, 0.3) is 28.5 Å². The Morgan fingerprint density at radius 2 is 1.33 bits per heavy atom. The van der Waals surface area contributed by atoms with E-state index in [-0.39, 0.29) is 22.7 Å². The fourth-order valence-electron chi connectivity index (χ4n) is 4.86. The maximum Gasteiger partial charge on any atom is 0.499 e. The fraction of sp³-hybridized carbons (Fsp3) is 0.294. The van der Waals surface area contributed by atoms with Gasteiger partial charge in [0.25, 0.3) is 17.8 Å². The van der Waals surface area contributed by atoms with Crippen LogP contribution in [0.15, 0.2) is 25.6 Å². The van der Waals surface area contributed by atoms with Crippen molar-refractivity contribution in [1.29, 1.82) is 0 Å². The summed E-state index contributed by atoms with van der Waals surface area (Å²) in [5.74, 6) is -3.19. The lowest BCUT2D eigenvalue weighted by molar-refractivity contribution is -0.403. The van der Waals surface area contributed by atoms with E-state index in [1.54, 1.807) is 13.0 Å². The van der Waals surface area contributed by atoms with E-state index < -0.39 is 41.0 Å². The minimum Gasteiger partial charge on any atom is -0.550 e. The van der Waals surface area contributed by atoms with Crippen molar-refractivity contribution in [2.45, 2.75) is 69.2 Å². The minimum absolute atomic E-state index is 0. The summed E-state index contributed by atoms with van der Waals surface area (Å²) >= 11 is 0. The van der Waals surface area contributed by atoms with Crippen LogP contribution in [-0.2, 0) is 19.2 Å². The molecule has 0 radical (unpaired) electrons. The molecule has 5 rings (SSSR count). The zero-order valence-corrected chi connectivity index (χ0v) is 30.9. The number of urea groups is 1. The standard InChI is InChI=1S/C15H17N2O4P.C15H14N2O3.2C2H4O2.H2O/c1-6-7(2)9(4)12(18)10(8(6)3)5-11-13(19)16-15(21)17(22)14(11)20;1-6-7(2)9(4)12-10(8(6)3)5-11-13(18)16-15(19)17-14(11)20-12;2*1-2(3)4;/h5,18H,22H2,1-4H3,(H,16,19,21);5H,1-4H3,(H,16,18,19);2*1H3,(H,3,4);1H2/b11-5+;;;;. The van der Waals surface area contributed by atoms with Gasteiger partial charge in [-0.25, -0.2) is 14.3 Å². The van der Waals surface area contributed by atoms with Crippen LogP contribution in [0.1, 0.15) is 63.9 Å². The predicted octanol–water partition coefficient (Wildman–Crippen LogP) is 1.53. The van der Waals surface area contributed by atoms with E-state index in [1.165, 1.54) is 11.6 Å². The molecule has 0 aromatic heterocycles. The Labute approximate surface area is 294 Å². The Morgan fingerprint density at radius 1 is 0.863 bits per heavy atom. The number of nitrogens with zero attached hydrogens (tertiary/aromatic N) is 1. The van der Waals surface area contributed by atoms with Crippen molar-refractivity contribution < 1.29 is 54.2 Å². The second kappa shape index (κ2) is 17.3. The summed E-state index contributed by atoms with van der Waals surface area (Å²) < 4.78 is 6.52. The first kappa shape index (κ1) is 43.3. The number of carbonyl (C=O) groups excluding carboxylic acids is 4. The number of aromatic nitrogens is 2. The van der Waals surface area contributed by atoms with Gasteiger partial charge in [0.05, 0.1) is 0 Å². The van der Waals surface area contributed by atoms with Crippen LogP contribution in [0.3, 0.4) is 0 Å². The molecule has 17 heteroatoms. The Morgan fingerprint density at radius 3 is 1.86 bits per heavy atom. The van der Waals surface area contributed by atoms with Crippen LogP contribution < -0.4 is 26.7 Å². The minimum atomic E-state index is -1.08. The van der Waals surface area contributed by atoms with Crippen molar-refractivity contribution in [3.8, 4) is 17.2 Å². The molecular formula is C34H41N4O12P. The van der Waals surface area contributed by atoms with Crippen LogP contribution >= 0.6 is 9.39 Å². The number of aryl methyl sites for hydroxylation is 2. The number of phenolic OH excluding ortho intramolecular Hbond substituents is 1. The molecule has 0 saturated carbocycles. The number of carboxylic acids is 2. The van der Waals surface area contributed by atoms with Crippen molar-refractivity contribution in [1.82, 2.24) is 15.0 Å². The molecule has 274 valence electrons. The number of benzene rings is 2. The molecule has 4 amide bonds. The first-order valence-corrected chi connectivity index (χ1v) is 15.4. The van der Waals surface area contributed by atoms with Crippen molar-refractivity contribution in [2.24, 2.45) is 0 Å². The number of aromatic amines is 2. The fourth-order valence-corrected chi connectivity index (χ4v) is 5.06. The predicted molar refractivity (Wildman–Crippen MR) is 188 cm³/mol. The molecule has 16 nitrogen and oxygen atoms in total. The third kappa shape index (κ3) is 9.71. The second-order valence-corrected chi connectivity index (χ2v) is 11.9. The number of nitrogens with one attached hydrogen (secondary N) is 3. The largest absolute Gasteiger partial charge is 0.550 e. The second-order valence-electron chi connectivity index (χ2n) is 11.4. The highest BCUT2D eigenvalue weighted by Gasteiger charge is 2.34. The smallest absolute Gasteiger partial charge is 0.499 e. The van der Waals surface area contributed by atoms with Crippen LogP contribution in [0.2, 0.25) is 0 Å². The van der Waals surface area contributed by atoms with Gasteiger partial charge in [-0.2, -0.15) is 14.8 Å². The van der Waals surface area contributed by atoms with Gasteiger partial charge in [0.2, 0.25) is 0 Å². The summed E-state index contributed by atoms with van der Waals surface area (Å²) in [6.45, 7) is 17.5. The van der Waals surface area contributed by atoms with Crippen molar-refractivity contribution in [2.75, 3.05) is 0 Å². The van der Waals surface area contributed by atoms with Gasteiger partial charge in [-0.1, -0.05) is 0 Å². The van der Waals surface area contributed by atoms with E-state index in [2.05, 4.69) is 22.2 Å². The molecule has 3 aliphatic heterocycles. The lowest BCUT2D eigenvalue weighted by Gasteiger charge is -2.22. The van der Waals surface area contributed by atoms with E-state index in [9.17, 15) is 29.1 Å². The van der Waals surface area contributed by atoms with Crippen molar-refractivity contribution in [3.05, 3.63) is 82.5 Å². The molecule has 7 N–H and O–H groups in total. The van der Waals surface area contributed by atoms with Gasteiger partial charge in [0.15, 0.2) is 5.56 Å². The normalized spacial score (nSPS) is 12.9. The topological polar surface area (TPSA) is 273 Å². The van der Waals surface area contributed by atoms with Crippen LogP contribution in [0, 0.1) is 55.4 Å². The van der Waals surface area contributed by atoms with Gasteiger partial charge in [-0.3, -0.25) is 19.7 Å². The molecule has 1 unspecified atom stereocenters. The number of rotatable bonds is 1. The molecule has 1 fully saturated rings. The summed E-state index contributed by atoms with van der Waals surface area (Å²) in [7, 11) is 1.96. The number of carbonyl (C=O) groups is 5. The summed E-state index contributed by atoms with van der Waals surface area (Å²) in [5.41, 5.74) is 8.11. The highest BCUT2D eigenvalue weighted by atomic mass is 31.0. The van der Waals surface area contributed by atoms with Crippen molar-refractivity contribution in [3.63, 3.8) is 0 Å². The first-order chi connectivity index (χ1) is 23.0. The Bertz CT molecular complexity index is 2130. The number of barbiturate groups is 1. The third-order valence-electron chi connectivity index (χ3n) is 8.24. The van der Waals surface area contributed by atoms with Crippen molar-refractivity contribution >= 4 is 56.2 Å². The highest BCUT2D eigenvalue weighted by Crippen LogP contribution is 2.34. The molecule has 1 saturated heterocycles. The summed E-state index contributed by atoms with van der Waals surface area (Å²) in [6.07, 6.45) is 1.32. The van der Waals surface area contributed by atoms with Gasteiger partial charge < -0.3 is 30.0 Å². The molecule has 0 bridgehead atoms. The van der Waals surface area contributed by atoms with Gasteiger partial charge >= 0.3 is 23.2 Å². The van der Waals surface area contributed by atoms with E-state index in [0.717, 1.165) is 57.3 Å². The molecule has 1 atom stereocenters. The number of hydrogen-bond donors (Lipinski definition) is 4. The highest BCUT2D eigenvalue weighted by molar-refractivity contribution is 7.16. The van der Waals surface area contributed by atoms with Crippen LogP contribution in [-0.4, -0.2) is 55.1 Å². The lowest BCUT2D eigenvalue weighted by atomic mass is 9.92. The van der Waals surface area contributed by atoms with E-state index in [1.807, 2.05) is 50.9 Å². The molecule has 51 heavy (non-hydrogen) atoms. The Balaban J connectivity index is 0.000000416. The summed E-state index contributed by atoms with van der Waals surface area (Å²) in [5, 5.41) is 29.6. The van der Waals surface area contributed by atoms with Gasteiger partial charge in [0.1, 0.15) is 16.9 Å². The number of aromatic hydroxyl groups is 1. The number of fused-ring (bicyclic) bond motifs is 2. The number of H-pyrrole nitrogens is 2. The maximum atomic E-state index is 12.1. The Hall–Kier alpha value is -5.73. The van der Waals surface area contributed by atoms with Gasteiger partial charge in [-0.05, 0) is 128 Å². The number of aliphatic carboxylic acids is 2. The number of carboxylic acid groups (broad SMARTS) is 2. The molecule has 0 spiro atoms. The molecule has 2 aromatic carbocycles. The molecule has 0 aliphatic carbocycles. The van der Waals surface area contributed by atoms with Gasteiger partial charge in [0, 0.05) is 23.8 Å². The number of hydrogen-bond acceptors (Lipinski definition) is 10. The molecule has 3 aliphatic rings. The average molecular weight is 729 g/mol. The number of amides is 4. The maximum absolute atomic E-state index is 12.1. The lowest BCUT2D eigenvalue weighted by Crippen LogP contribution is -2.49.